The molecule has 8 heteroatoms. The summed E-state index contributed by atoms with van der Waals surface area (Å²) in [4.78, 5) is 14.1. The maximum atomic E-state index is 12.9. The second-order valence-corrected chi connectivity index (χ2v) is 13.8. The van der Waals surface area contributed by atoms with E-state index >= 15 is 0 Å². The van der Waals surface area contributed by atoms with Crippen LogP contribution in [-0.2, 0) is 13.1 Å². The minimum Gasteiger partial charge on any atom is -0.406 e. The largest absolute Gasteiger partial charge is 0.573 e. The summed E-state index contributed by atoms with van der Waals surface area (Å²) in [5, 5.41) is 0. The van der Waals surface area contributed by atoms with Gasteiger partial charge in [-0.3, -0.25) is 14.9 Å². The van der Waals surface area contributed by atoms with Gasteiger partial charge in [-0.15, -0.1) is 13.2 Å². The SMILES string of the molecule is Cc1cc(-c2cncc(CN(c3ccc(OC(F)(F)F)cc3)C3CCN(Cc4ccnc(-c5cc(C)c(C)c(C)c5)c4)CC3)c2)cc(C)c1C. The van der Waals surface area contributed by atoms with E-state index in [1.54, 1.807) is 12.1 Å². The number of alkyl halides is 3. The molecule has 0 amide bonds. The lowest BCUT2D eigenvalue weighted by Crippen LogP contribution is -2.44. The van der Waals surface area contributed by atoms with Crippen LogP contribution in [0.1, 0.15) is 57.3 Å². The van der Waals surface area contributed by atoms with Gasteiger partial charge in [0.1, 0.15) is 5.75 Å². The van der Waals surface area contributed by atoms with Crippen molar-refractivity contribution in [1.82, 2.24) is 14.9 Å². The van der Waals surface area contributed by atoms with Gasteiger partial charge in [-0.1, -0.05) is 12.1 Å². The van der Waals surface area contributed by atoms with Gasteiger partial charge in [-0.2, -0.15) is 0 Å². The molecule has 1 aliphatic heterocycles. The van der Waals surface area contributed by atoms with Crippen LogP contribution in [-0.4, -0.2) is 40.4 Å². The van der Waals surface area contributed by atoms with Crippen molar-refractivity contribution < 1.29 is 17.9 Å². The van der Waals surface area contributed by atoms with Gasteiger partial charge in [0.05, 0.1) is 5.69 Å². The highest BCUT2D eigenvalue weighted by Crippen LogP contribution is 2.32. The van der Waals surface area contributed by atoms with Crippen LogP contribution in [0.15, 0.2) is 85.3 Å². The topological polar surface area (TPSA) is 41.5 Å². The Kier molecular flexibility index (Phi) is 10.3. The summed E-state index contributed by atoms with van der Waals surface area (Å²) in [6.45, 7) is 16.0. The van der Waals surface area contributed by atoms with Crippen LogP contribution in [0.3, 0.4) is 0 Å². The molecule has 5 nitrogen and oxygen atoms in total. The Morgan fingerprint density at radius 1 is 0.720 bits per heavy atom. The summed E-state index contributed by atoms with van der Waals surface area (Å²) in [7, 11) is 0. The number of pyridine rings is 2. The van der Waals surface area contributed by atoms with Crippen molar-refractivity contribution in [2.75, 3.05) is 18.0 Å². The third-order valence-corrected chi connectivity index (χ3v) is 10.3. The van der Waals surface area contributed by atoms with Crippen molar-refractivity contribution in [3.63, 3.8) is 0 Å². The first-order chi connectivity index (χ1) is 23.8. The average molecular weight is 679 g/mol. The number of hydrogen-bond donors (Lipinski definition) is 0. The summed E-state index contributed by atoms with van der Waals surface area (Å²) in [5.74, 6) is -0.225. The van der Waals surface area contributed by atoms with Crippen LogP contribution in [0.4, 0.5) is 18.9 Å². The van der Waals surface area contributed by atoms with Crippen LogP contribution in [0, 0.1) is 41.5 Å². The van der Waals surface area contributed by atoms with Crippen LogP contribution in [0.25, 0.3) is 22.4 Å². The average Bonchev–Trinajstić information content (AvgIpc) is 3.08. The second kappa shape index (κ2) is 14.7. The highest BCUT2D eigenvalue weighted by molar-refractivity contribution is 5.66. The number of hydrogen-bond acceptors (Lipinski definition) is 5. The zero-order valence-electron chi connectivity index (χ0n) is 29.7. The Bertz CT molecular complexity index is 1920. The molecule has 2 aromatic heterocycles. The third-order valence-electron chi connectivity index (χ3n) is 10.3. The molecule has 50 heavy (non-hydrogen) atoms. The van der Waals surface area contributed by atoms with Gasteiger partial charge in [0.2, 0.25) is 0 Å². The second-order valence-electron chi connectivity index (χ2n) is 13.8. The summed E-state index contributed by atoms with van der Waals surface area (Å²) in [6, 6.07) is 21.7. The number of aromatic nitrogens is 2. The number of benzene rings is 3. The Morgan fingerprint density at radius 2 is 1.32 bits per heavy atom. The lowest BCUT2D eigenvalue weighted by Gasteiger charge is -2.40. The van der Waals surface area contributed by atoms with E-state index in [-0.39, 0.29) is 11.8 Å². The standard InChI is InChI=1S/C42H45F3N4O/c1-27-17-35(18-28(2)31(27)5)37-21-34(23-46-24-37)26-49(38-7-9-40(10-8-38)50-42(43,44)45)39-12-15-48(16-13-39)25-33-11-14-47-41(22-33)36-19-29(3)32(6)30(4)20-36/h7-11,14,17-24,39H,12-13,15-16,25-26H2,1-6H3. The van der Waals surface area contributed by atoms with Crippen LogP contribution in [0.5, 0.6) is 5.75 Å². The predicted octanol–water partition coefficient (Wildman–Crippen LogP) is 10.2. The molecule has 3 aromatic carbocycles. The Balaban J connectivity index is 1.20. The van der Waals surface area contributed by atoms with Crippen LogP contribution in [0.2, 0.25) is 0 Å². The molecular weight excluding hydrogens is 633 g/mol. The molecule has 0 unspecified atom stereocenters. The molecule has 3 heterocycles. The van der Waals surface area contributed by atoms with Crippen molar-refractivity contribution in [2.45, 2.75) is 79.9 Å². The van der Waals surface area contributed by atoms with Crippen molar-refractivity contribution in [1.29, 1.82) is 0 Å². The van der Waals surface area contributed by atoms with Gasteiger partial charge < -0.3 is 9.64 Å². The van der Waals surface area contributed by atoms with E-state index in [9.17, 15) is 13.2 Å². The lowest BCUT2D eigenvalue weighted by molar-refractivity contribution is -0.274. The highest BCUT2D eigenvalue weighted by atomic mass is 19.4. The van der Waals surface area contributed by atoms with E-state index in [1.807, 2.05) is 18.6 Å². The molecule has 0 spiro atoms. The lowest BCUT2D eigenvalue weighted by atomic mass is 9.96. The van der Waals surface area contributed by atoms with Crippen molar-refractivity contribution >= 4 is 5.69 Å². The number of anilines is 1. The molecule has 1 aliphatic rings. The Morgan fingerprint density at radius 3 is 1.92 bits per heavy atom. The minimum atomic E-state index is -4.74. The van der Waals surface area contributed by atoms with Crippen LogP contribution < -0.4 is 9.64 Å². The summed E-state index contributed by atoms with van der Waals surface area (Å²) in [6.07, 6.45) is 2.78. The van der Waals surface area contributed by atoms with Gasteiger partial charge in [-0.05, 0) is 159 Å². The molecular formula is C42H45F3N4O. The van der Waals surface area contributed by atoms with Crippen molar-refractivity contribution in [3.05, 3.63) is 130 Å². The number of nitrogens with zero attached hydrogens (tertiary/aromatic N) is 4. The molecule has 0 aliphatic carbocycles. The molecule has 1 saturated heterocycles. The molecule has 6 rings (SSSR count). The van der Waals surface area contributed by atoms with Crippen molar-refractivity contribution in [2.24, 2.45) is 0 Å². The fourth-order valence-corrected chi connectivity index (χ4v) is 6.96. The van der Waals surface area contributed by atoms with Crippen LogP contribution >= 0.6 is 0 Å². The smallest absolute Gasteiger partial charge is 0.406 e. The van der Waals surface area contributed by atoms with Gasteiger partial charge in [0, 0.05) is 67.6 Å². The number of piperidine rings is 1. The normalized spacial score (nSPS) is 14.2. The third kappa shape index (κ3) is 8.36. The molecule has 1 fully saturated rings. The fraction of sp³-hybridized carbons (Fsp3) is 0.333. The fourth-order valence-electron chi connectivity index (χ4n) is 6.96. The molecule has 0 saturated carbocycles. The zero-order valence-corrected chi connectivity index (χ0v) is 29.7. The number of aryl methyl sites for hydroxylation is 4. The minimum absolute atomic E-state index is 0.194. The number of rotatable bonds is 9. The Labute approximate surface area is 293 Å². The molecule has 0 N–H and O–H groups in total. The molecule has 0 radical (unpaired) electrons. The summed E-state index contributed by atoms with van der Waals surface area (Å²) >= 11 is 0. The summed E-state index contributed by atoms with van der Waals surface area (Å²) in [5.41, 5.74) is 15.0. The predicted molar refractivity (Wildman–Crippen MR) is 195 cm³/mol. The number of halogens is 3. The van der Waals surface area contributed by atoms with E-state index in [2.05, 4.69) is 109 Å². The summed E-state index contributed by atoms with van der Waals surface area (Å²) < 4.78 is 43.0. The first-order valence-corrected chi connectivity index (χ1v) is 17.2. The molecule has 0 bridgehead atoms. The quantitative estimate of drug-likeness (QED) is 0.155. The zero-order chi connectivity index (χ0) is 35.6. The maximum absolute atomic E-state index is 12.9. The first-order valence-electron chi connectivity index (χ1n) is 17.2. The Hall–Kier alpha value is -4.69. The van der Waals surface area contributed by atoms with E-state index in [1.165, 1.54) is 51.1 Å². The number of likely N-dealkylation sites (tertiary alicyclic amines) is 1. The van der Waals surface area contributed by atoms with E-state index < -0.39 is 6.36 Å². The van der Waals surface area contributed by atoms with E-state index in [0.29, 0.717) is 6.54 Å². The van der Waals surface area contributed by atoms with E-state index in [4.69, 9.17) is 0 Å². The van der Waals surface area contributed by atoms with Gasteiger partial charge >= 0.3 is 6.36 Å². The van der Waals surface area contributed by atoms with Crippen molar-refractivity contribution in [3.8, 4) is 28.1 Å². The van der Waals surface area contributed by atoms with Gasteiger partial charge in [0.25, 0.3) is 0 Å². The van der Waals surface area contributed by atoms with Gasteiger partial charge in [0.15, 0.2) is 0 Å². The van der Waals surface area contributed by atoms with E-state index in [0.717, 1.165) is 66.1 Å². The highest BCUT2D eigenvalue weighted by Gasteiger charge is 2.31. The maximum Gasteiger partial charge on any atom is 0.573 e. The number of ether oxygens (including phenoxy) is 1. The van der Waals surface area contributed by atoms with Gasteiger partial charge in [-0.25, -0.2) is 0 Å². The monoisotopic (exact) mass is 678 g/mol. The molecule has 5 aromatic rings. The molecule has 0 atom stereocenters. The first kappa shape index (κ1) is 35.1. The molecule has 260 valence electrons.